The largest absolute Gasteiger partial charge is 0.471 e. The molecule has 8 nitrogen and oxygen atoms in total. The zero-order valence-corrected chi connectivity index (χ0v) is 23.8. The summed E-state index contributed by atoms with van der Waals surface area (Å²) in [4.78, 5) is 40.3. The first-order valence-electron chi connectivity index (χ1n) is 13.6. The molecule has 0 radical (unpaired) electrons. The van der Waals surface area contributed by atoms with Crippen LogP contribution < -0.4 is 5.32 Å². The summed E-state index contributed by atoms with van der Waals surface area (Å²) >= 11 is 0. The van der Waals surface area contributed by atoms with Gasteiger partial charge in [0.25, 0.3) is 0 Å². The lowest BCUT2D eigenvalue weighted by molar-refractivity contribution is -0.174. The SMILES string of the molecule is CC(C)(C)OC(=O)N1C[C@@H](CCC(NC(=O)C(F)(F)F)C2=CCN(C(=O)OCc3ccccc3)CC2)CC1(C)C. The molecule has 1 N–H and O–H groups in total. The van der Waals surface area contributed by atoms with Gasteiger partial charge in [0, 0.05) is 25.2 Å². The predicted octanol–water partition coefficient (Wildman–Crippen LogP) is 5.82. The normalized spacial score (nSPS) is 20.0. The van der Waals surface area contributed by atoms with Gasteiger partial charge in [-0.25, -0.2) is 9.59 Å². The van der Waals surface area contributed by atoms with Crippen molar-refractivity contribution >= 4 is 18.1 Å². The molecular formula is C29H40F3N3O5. The summed E-state index contributed by atoms with van der Waals surface area (Å²) in [7, 11) is 0. The molecule has 1 aromatic rings. The lowest BCUT2D eigenvalue weighted by Gasteiger charge is -2.33. The number of rotatable bonds is 7. The number of likely N-dealkylation sites (tertiary alicyclic amines) is 1. The molecule has 2 aliphatic rings. The molecule has 0 aromatic heterocycles. The fourth-order valence-electron chi connectivity index (χ4n) is 5.19. The van der Waals surface area contributed by atoms with Crippen molar-refractivity contribution in [2.45, 2.75) is 90.3 Å². The minimum Gasteiger partial charge on any atom is -0.445 e. The molecule has 0 aliphatic carbocycles. The van der Waals surface area contributed by atoms with Gasteiger partial charge >= 0.3 is 24.3 Å². The maximum absolute atomic E-state index is 13.1. The maximum atomic E-state index is 13.1. The van der Waals surface area contributed by atoms with E-state index in [9.17, 15) is 27.6 Å². The van der Waals surface area contributed by atoms with Crippen LogP contribution in [-0.4, -0.2) is 70.9 Å². The summed E-state index contributed by atoms with van der Waals surface area (Å²) in [6.07, 6.45) is -2.50. The molecule has 0 spiro atoms. The molecule has 40 heavy (non-hydrogen) atoms. The molecule has 222 valence electrons. The number of carbonyl (C=O) groups is 3. The van der Waals surface area contributed by atoms with Gasteiger partial charge in [-0.3, -0.25) is 4.79 Å². The molecular weight excluding hydrogens is 527 g/mol. The molecule has 2 atom stereocenters. The van der Waals surface area contributed by atoms with Gasteiger partial charge in [-0.2, -0.15) is 13.2 Å². The van der Waals surface area contributed by atoms with Crippen LogP contribution in [0, 0.1) is 5.92 Å². The zero-order chi connectivity index (χ0) is 29.7. The highest BCUT2D eigenvalue weighted by Gasteiger charge is 2.44. The third-order valence-corrected chi connectivity index (χ3v) is 7.16. The number of hydrogen-bond acceptors (Lipinski definition) is 5. The van der Waals surface area contributed by atoms with Crippen LogP contribution in [0.2, 0.25) is 0 Å². The van der Waals surface area contributed by atoms with Crippen molar-refractivity contribution in [1.82, 2.24) is 15.1 Å². The third-order valence-electron chi connectivity index (χ3n) is 7.16. The molecule has 1 unspecified atom stereocenters. The van der Waals surface area contributed by atoms with E-state index >= 15 is 0 Å². The lowest BCUT2D eigenvalue weighted by atomic mass is 9.89. The molecule has 1 aromatic carbocycles. The number of hydrogen-bond donors (Lipinski definition) is 1. The minimum absolute atomic E-state index is 0.0291. The quantitative estimate of drug-likeness (QED) is 0.420. The number of nitrogens with one attached hydrogen (secondary N) is 1. The Morgan fingerprint density at radius 3 is 2.35 bits per heavy atom. The Balaban J connectivity index is 1.63. The predicted molar refractivity (Wildman–Crippen MR) is 143 cm³/mol. The van der Waals surface area contributed by atoms with E-state index in [1.165, 1.54) is 4.90 Å². The Labute approximate surface area is 233 Å². The maximum Gasteiger partial charge on any atom is 0.471 e. The van der Waals surface area contributed by atoms with E-state index < -0.39 is 41.5 Å². The first-order valence-corrected chi connectivity index (χ1v) is 13.6. The van der Waals surface area contributed by atoms with Crippen LogP contribution in [0.5, 0.6) is 0 Å². The number of halogens is 3. The van der Waals surface area contributed by atoms with E-state index in [0.29, 0.717) is 31.4 Å². The molecule has 2 heterocycles. The Bertz CT molecular complexity index is 1080. The minimum atomic E-state index is -5.01. The van der Waals surface area contributed by atoms with Crippen LogP contribution in [0.1, 0.15) is 65.9 Å². The van der Waals surface area contributed by atoms with E-state index in [1.807, 2.05) is 44.2 Å². The first kappa shape index (κ1) is 31.3. The highest BCUT2D eigenvalue weighted by molar-refractivity contribution is 5.82. The second-order valence-electron chi connectivity index (χ2n) is 12.1. The number of nitrogens with zero attached hydrogens (tertiary/aromatic N) is 2. The first-order chi connectivity index (χ1) is 18.5. The van der Waals surface area contributed by atoms with E-state index in [-0.39, 0.29) is 32.0 Å². The number of ether oxygens (including phenoxy) is 2. The van der Waals surface area contributed by atoms with Gasteiger partial charge in [-0.1, -0.05) is 36.4 Å². The van der Waals surface area contributed by atoms with Gasteiger partial charge < -0.3 is 24.6 Å². The Morgan fingerprint density at radius 2 is 1.77 bits per heavy atom. The molecule has 3 amide bonds. The van der Waals surface area contributed by atoms with Crippen LogP contribution in [0.15, 0.2) is 42.0 Å². The zero-order valence-electron chi connectivity index (χ0n) is 23.8. The second kappa shape index (κ2) is 12.5. The van der Waals surface area contributed by atoms with E-state index in [4.69, 9.17) is 9.47 Å². The summed E-state index contributed by atoms with van der Waals surface area (Å²) in [6.45, 7) is 10.2. The van der Waals surface area contributed by atoms with Crippen LogP contribution in [0.25, 0.3) is 0 Å². The van der Waals surface area contributed by atoms with E-state index in [1.54, 1.807) is 31.7 Å². The Kier molecular flexibility index (Phi) is 9.79. The summed E-state index contributed by atoms with van der Waals surface area (Å²) < 4.78 is 50.3. The van der Waals surface area contributed by atoms with Gasteiger partial charge in [0.15, 0.2) is 0 Å². The Morgan fingerprint density at radius 1 is 1.10 bits per heavy atom. The van der Waals surface area contributed by atoms with Crippen molar-refractivity contribution in [2.75, 3.05) is 19.6 Å². The van der Waals surface area contributed by atoms with E-state index in [0.717, 1.165) is 5.56 Å². The smallest absolute Gasteiger partial charge is 0.445 e. The van der Waals surface area contributed by atoms with Crippen LogP contribution in [-0.2, 0) is 20.9 Å². The van der Waals surface area contributed by atoms with Crippen LogP contribution in [0.4, 0.5) is 22.8 Å². The summed E-state index contributed by atoms with van der Waals surface area (Å²) in [5.41, 5.74) is 0.376. The summed E-state index contributed by atoms with van der Waals surface area (Å²) in [5.74, 6) is -1.97. The van der Waals surface area contributed by atoms with Crippen molar-refractivity contribution in [2.24, 2.45) is 5.92 Å². The van der Waals surface area contributed by atoms with Crippen molar-refractivity contribution in [3.63, 3.8) is 0 Å². The molecule has 1 fully saturated rings. The fourth-order valence-corrected chi connectivity index (χ4v) is 5.19. The number of benzene rings is 1. The standard InChI is InChI=1S/C29H40F3N3O5/c1-27(2,3)40-26(38)35-18-21(17-28(35,4)5)11-12-23(33-24(36)29(30,31)32)22-13-15-34(16-14-22)25(37)39-19-20-9-7-6-8-10-20/h6-10,13,21,23H,11-12,14-19H2,1-5H3,(H,33,36)/t21-,23?/m0/s1. The van der Waals surface area contributed by atoms with Crippen molar-refractivity contribution in [3.05, 3.63) is 47.5 Å². The molecule has 2 aliphatic heterocycles. The number of amides is 3. The lowest BCUT2D eigenvalue weighted by Crippen LogP contribution is -2.46. The number of alkyl halides is 3. The van der Waals surface area contributed by atoms with Crippen LogP contribution in [0.3, 0.4) is 0 Å². The molecule has 1 saturated heterocycles. The second-order valence-corrected chi connectivity index (χ2v) is 12.1. The average molecular weight is 568 g/mol. The van der Waals surface area contributed by atoms with Crippen molar-refractivity contribution in [1.29, 1.82) is 0 Å². The van der Waals surface area contributed by atoms with Crippen molar-refractivity contribution in [3.8, 4) is 0 Å². The van der Waals surface area contributed by atoms with Gasteiger partial charge in [-0.05, 0) is 77.4 Å². The summed E-state index contributed by atoms with van der Waals surface area (Å²) in [6, 6.07) is 8.39. The van der Waals surface area contributed by atoms with Gasteiger partial charge in [0.2, 0.25) is 0 Å². The summed E-state index contributed by atoms with van der Waals surface area (Å²) in [5, 5.41) is 2.15. The number of carbonyl (C=O) groups excluding carboxylic acids is 3. The van der Waals surface area contributed by atoms with E-state index in [2.05, 4.69) is 5.32 Å². The highest BCUT2D eigenvalue weighted by Crippen LogP contribution is 2.37. The molecule has 0 bridgehead atoms. The molecule has 3 rings (SSSR count). The topological polar surface area (TPSA) is 88.2 Å². The van der Waals surface area contributed by atoms with Gasteiger partial charge in [-0.15, -0.1) is 0 Å². The monoisotopic (exact) mass is 567 g/mol. The highest BCUT2D eigenvalue weighted by atomic mass is 19.4. The molecule has 0 saturated carbocycles. The fraction of sp³-hybridized carbons (Fsp3) is 0.621. The Hall–Kier alpha value is -3.24. The van der Waals surface area contributed by atoms with Crippen molar-refractivity contribution < 1.29 is 37.0 Å². The van der Waals surface area contributed by atoms with Gasteiger partial charge in [0.1, 0.15) is 12.2 Å². The third kappa shape index (κ3) is 8.89. The molecule has 11 heteroatoms. The van der Waals surface area contributed by atoms with Gasteiger partial charge in [0.05, 0.1) is 6.04 Å². The average Bonchev–Trinajstić information content (AvgIpc) is 3.18. The van der Waals surface area contributed by atoms with Crippen LogP contribution >= 0.6 is 0 Å².